The van der Waals surface area contributed by atoms with Crippen molar-refractivity contribution in [2.75, 3.05) is 0 Å². The van der Waals surface area contributed by atoms with Gasteiger partial charge in [-0.1, -0.05) is 24.3 Å². The number of rotatable bonds is 2. The number of hydrazine groups is 1. The van der Waals surface area contributed by atoms with Gasteiger partial charge in [0.1, 0.15) is 5.75 Å². The lowest BCUT2D eigenvalue weighted by Gasteiger charge is -2.09. The van der Waals surface area contributed by atoms with Gasteiger partial charge in [-0.3, -0.25) is 20.4 Å². The standard InChI is InChI=1S/C17H14N2O4/c1-10-6-7-23-15(10)17(22)19-18-16(21)13-8-11-4-2-3-5-12(11)9-14(13)20/h2-9,20H,1H3,(H,18,21)(H,19,22). The van der Waals surface area contributed by atoms with Crippen molar-refractivity contribution in [3.63, 3.8) is 0 Å². The van der Waals surface area contributed by atoms with Crippen LogP contribution in [0.1, 0.15) is 26.5 Å². The van der Waals surface area contributed by atoms with Gasteiger partial charge in [0, 0.05) is 5.56 Å². The third-order valence-electron chi connectivity index (χ3n) is 3.47. The number of aryl methyl sites for hydroxylation is 1. The molecular formula is C17H14N2O4. The third kappa shape index (κ3) is 2.87. The highest BCUT2D eigenvalue weighted by Gasteiger charge is 2.16. The monoisotopic (exact) mass is 310 g/mol. The van der Waals surface area contributed by atoms with Crippen LogP contribution in [-0.4, -0.2) is 16.9 Å². The molecule has 6 heteroatoms. The predicted molar refractivity (Wildman–Crippen MR) is 84.0 cm³/mol. The smallest absolute Gasteiger partial charge is 0.305 e. The number of carbonyl (C=O) groups is 2. The van der Waals surface area contributed by atoms with Crippen molar-refractivity contribution in [2.24, 2.45) is 0 Å². The number of aromatic hydroxyl groups is 1. The number of benzene rings is 2. The number of nitrogens with one attached hydrogen (secondary N) is 2. The quantitative estimate of drug-likeness (QED) is 0.634. The average Bonchev–Trinajstić information content (AvgIpc) is 2.97. The first-order valence-corrected chi connectivity index (χ1v) is 6.93. The highest BCUT2D eigenvalue weighted by atomic mass is 16.3. The Morgan fingerprint density at radius 2 is 1.65 bits per heavy atom. The summed E-state index contributed by atoms with van der Waals surface area (Å²) in [4.78, 5) is 24.0. The van der Waals surface area contributed by atoms with E-state index in [1.807, 2.05) is 24.3 Å². The summed E-state index contributed by atoms with van der Waals surface area (Å²) in [5.41, 5.74) is 5.24. The Morgan fingerprint density at radius 3 is 2.30 bits per heavy atom. The Bertz CT molecular complexity index is 898. The maximum Gasteiger partial charge on any atom is 0.305 e. The zero-order valence-electron chi connectivity index (χ0n) is 12.3. The van der Waals surface area contributed by atoms with E-state index in [9.17, 15) is 14.7 Å². The van der Waals surface area contributed by atoms with Gasteiger partial charge in [0.05, 0.1) is 11.8 Å². The molecule has 0 aliphatic heterocycles. The van der Waals surface area contributed by atoms with Crippen LogP contribution in [0.3, 0.4) is 0 Å². The molecule has 6 nitrogen and oxygen atoms in total. The molecule has 3 rings (SSSR count). The van der Waals surface area contributed by atoms with Gasteiger partial charge in [-0.05, 0) is 35.9 Å². The maximum absolute atomic E-state index is 12.2. The molecule has 3 aromatic rings. The summed E-state index contributed by atoms with van der Waals surface area (Å²) < 4.78 is 5.03. The highest BCUT2D eigenvalue weighted by Crippen LogP contribution is 2.24. The average molecular weight is 310 g/mol. The SMILES string of the molecule is Cc1ccoc1C(=O)NNC(=O)c1cc2ccccc2cc1O. The first-order chi connectivity index (χ1) is 11.1. The molecule has 0 unspecified atom stereocenters. The Hall–Kier alpha value is -3.28. The zero-order chi connectivity index (χ0) is 16.4. The van der Waals surface area contributed by atoms with Crippen molar-refractivity contribution < 1.29 is 19.1 Å². The molecule has 23 heavy (non-hydrogen) atoms. The molecule has 0 aliphatic rings. The summed E-state index contributed by atoms with van der Waals surface area (Å²) in [6, 6.07) is 12.0. The molecule has 0 fully saturated rings. The minimum absolute atomic E-state index is 0.0696. The van der Waals surface area contributed by atoms with Crippen LogP contribution in [0, 0.1) is 6.92 Å². The van der Waals surface area contributed by atoms with E-state index in [-0.39, 0.29) is 17.1 Å². The molecule has 1 heterocycles. The van der Waals surface area contributed by atoms with Gasteiger partial charge in [-0.15, -0.1) is 0 Å². The van der Waals surface area contributed by atoms with Crippen molar-refractivity contribution in [3.8, 4) is 5.75 Å². The predicted octanol–water partition coefficient (Wildman–Crippen LogP) is 2.52. The van der Waals surface area contributed by atoms with Gasteiger partial charge in [0.2, 0.25) is 0 Å². The van der Waals surface area contributed by atoms with Crippen molar-refractivity contribution in [3.05, 3.63) is 65.6 Å². The van der Waals surface area contributed by atoms with Crippen LogP contribution in [0.2, 0.25) is 0 Å². The summed E-state index contributed by atoms with van der Waals surface area (Å²) in [7, 11) is 0. The molecule has 0 spiro atoms. The Morgan fingerprint density at radius 1 is 1.00 bits per heavy atom. The highest BCUT2D eigenvalue weighted by molar-refractivity contribution is 6.03. The maximum atomic E-state index is 12.2. The lowest BCUT2D eigenvalue weighted by Crippen LogP contribution is -2.41. The lowest BCUT2D eigenvalue weighted by atomic mass is 10.1. The molecule has 1 aromatic heterocycles. The van der Waals surface area contributed by atoms with Gasteiger partial charge >= 0.3 is 5.91 Å². The van der Waals surface area contributed by atoms with Gasteiger partial charge < -0.3 is 9.52 Å². The second-order valence-corrected chi connectivity index (χ2v) is 5.06. The Kier molecular flexibility index (Phi) is 3.72. The molecule has 116 valence electrons. The fourth-order valence-electron chi connectivity index (χ4n) is 2.25. The van der Waals surface area contributed by atoms with E-state index in [2.05, 4.69) is 10.9 Å². The second-order valence-electron chi connectivity index (χ2n) is 5.06. The molecule has 2 amide bonds. The lowest BCUT2D eigenvalue weighted by molar-refractivity contribution is 0.0829. The first-order valence-electron chi connectivity index (χ1n) is 6.93. The van der Waals surface area contributed by atoms with E-state index in [0.717, 1.165) is 10.8 Å². The van der Waals surface area contributed by atoms with E-state index < -0.39 is 11.8 Å². The fourth-order valence-corrected chi connectivity index (χ4v) is 2.25. The number of amides is 2. The van der Waals surface area contributed by atoms with Crippen molar-refractivity contribution >= 4 is 22.6 Å². The van der Waals surface area contributed by atoms with E-state index in [4.69, 9.17) is 4.42 Å². The topological polar surface area (TPSA) is 91.6 Å². The number of fused-ring (bicyclic) bond motifs is 1. The number of hydrogen-bond acceptors (Lipinski definition) is 4. The van der Waals surface area contributed by atoms with Crippen LogP contribution >= 0.6 is 0 Å². The summed E-state index contributed by atoms with van der Waals surface area (Å²) in [6.45, 7) is 1.72. The molecule has 3 N–H and O–H groups in total. The van der Waals surface area contributed by atoms with E-state index >= 15 is 0 Å². The molecule has 0 saturated heterocycles. The summed E-state index contributed by atoms with van der Waals surface area (Å²) in [5.74, 6) is -1.23. The largest absolute Gasteiger partial charge is 0.507 e. The van der Waals surface area contributed by atoms with Crippen LogP contribution in [0.5, 0.6) is 5.75 Å². The molecule has 2 aromatic carbocycles. The number of hydrogen-bond donors (Lipinski definition) is 3. The minimum atomic E-state index is -0.620. The second kappa shape index (κ2) is 5.84. The third-order valence-corrected chi connectivity index (χ3v) is 3.47. The van der Waals surface area contributed by atoms with Crippen LogP contribution in [0.15, 0.2) is 53.1 Å². The summed E-state index contributed by atoms with van der Waals surface area (Å²) in [5, 5.41) is 11.6. The summed E-state index contributed by atoms with van der Waals surface area (Å²) in [6.07, 6.45) is 1.39. The Labute approximate surface area is 131 Å². The van der Waals surface area contributed by atoms with Gasteiger partial charge in [-0.2, -0.15) is 0 Å². The van der Waals surface area contributed by atoms with Gasteiger partial charge in [-0.25, -0.2) is 0 Å². The fraction of sp³-hybridized carbons (Fsp3) is 0.0588. The van der Waals surface area contributed by atoms with Crippen molar-refractivity contribution in [1.29, 1.82) is 0 Å². The minimum Gasteiger partial charge on any atom is -0.507 e. The van der Waals surface area contributed by atoms with Gasteiger partial charge in [0.15, 0.2) is 5.76 Å². The van der Waals surface area contributed by atoms with E-state index in [0.29, 0.717) is 5.56 Å². The summed E-state index contributed by atoms with van der Waals surface area (Å²) >= 11 is 0. The number of phenols is 1. The molecular weight excluding hydrogens is 296 g/mol. The molecule has 0 aliphatic carbocycles. The molecule has 0 saturated carbocycles. The number of furan rings is 1. The molecule has 0 atom stereocenters. The zero-order valence-corrected chi connectivity index (χ0v) is 12.3. The van der Waals surface area contributed by atoms with Crippen molar-refractivity contribution in [1.82, 2.24) is 10.9 Å². The van der Waals surface area contributed by atoms with E-state index in [1.54, 1.807) is 19.1 Å². The van der Waals surface area contributed by atoms with E-state index in [1.165, 1.54) is 12.3 Å². The van der Waals surface area contributed by atoms with Crippen LogP contribution in [-0.2, 0) is 0 Å². The normalized spacial score (nSPS) is 10.5. The van der Waals surface area contributed by atoms with Crippen LogP contribution in [0.4, 0.5) is 0 Å². The first kappa shape index (κ1) is 14.6. The number of phenolic OH excluding ortho intramolecular Hbond substituents is 1. The van der Waals surface area contributed by atoms with Crippen molar-refractivity contribution in [2.45, 2.75) is 6.92 Å². The Balaban J connectivity index is 1.77. The molecule has 0 bridgehead atoms. The molecule has 0 radical (unpaired) electrons. The van der Waals surface area contributed by atoms with Crippen LogP contribution < -0.4 is 10.9 Å². The van der Waals surface area contributed by atoms with Crippen LogP contribution in [0.25, 0.3) is 10.8 Å². The van der Waals surface area contributed by atoms with Gasteiger partial charge in [0.25, 0.3) is 5.91 Å². The number of carbonyl (C=O) groups excluding carboxylic acids is 2.